The summed E-state index contributed by atoms with van der Waals surface area (Å²) < 4.78 is 23.2. The lowest BCUT2D eigenvalue weighted by atomic mass is 10.1. The maximum absolute atomic E-state index is 6.22. The highest BCUT2D eigenvalue weighted by molar-refractivity contribution is 4.72. The van der Waals surface area contributed by atoms with Gasteiger partial charge in [0.15, 0.2) is 13.1 Å². The molecular weight excluding hydrogens is 508 g/mol. The second-order valence-corrected chi connectivity index (χ2v) is 12.1. The van der Waals surface area contributed by atoms with E-state index in [0.717, 1.165) is 39.1 Å². The molecule has 41 heavy (non-hydrogen) atoms. The van der Waals surface area contributed by atoms with Gasteiger partial charge in [0.25, 0.3) is 0 Å². The first kappa shape index (κ1) is 40.4. The molecule has 0 aromatic carbocycles. The first-order valence-electron chi connectivity index (χ1n) is 18.4. The fourth-order valence-corrected chi connectivity index (χ4v) is 5.10. The van der Waals surface area contributed by atoms with Crippen LogP contribution in [0.1, 0.15) is 194 Å². The summed E-state index contributed by atoms with van der Waals surface area (Å²) in [6.07, 6.45) is 39.0. The fourth-order valence-electron chi connectivity index (χ4n) is 5.10. The van der Waals surface area contributed by atoms with Crippen LogP contribution in [0.3, 0.4) is 0 Å². The monoisotopic (exact) mass is 583 g/mol. The zero-order valence-electron chi connectivity index (χ0n) is 28.3. The Balaban J connectivity index is 3.76. The number of hydrogen-bond donors (Lipinski definition) is 0. The van der Waals surface area contributed by atoms with Gasteiger partial charge in [0.2, 0.25) is 0 Å². The van der Waals surface area contributed by atoms with Gasteiger partial charge in [0.05, 0.1) is 12.9 Å². The van der Waals surface area contributed by atoms with Crippen molar-refractivity contribution in [3.05, 3.63) is 12.3 Å². The van der Waals surface area contributed by atoms with Crippen LogP contribution in [0.5, 0.6) is 0 Å². The summed E-state index contributed by atoms with van der Waals surface area (Å²) in [5.41, 5.74) is 0. The van der Waals surface area contributed by atoms with E-state index in [1.807, 2.05) is 0 Å². The molecule has 0 aromatic heterocycles. The van der Waals surface area contributed by atoms with E-state index in [9.17, 15) is 0 Å². The minimum Gasteiger partial charge on any atom is -0.475 e. The molecule has 246 valence electrons. The Morgan fingerprint density at radius 2 is 0.878 bits per heavy atom. The summed E-state index contributed by atoms with van der Waals surface area (Å²) in [5.74, 6) is 0. The number of hydrogen-bond acceptors (Lipinski definition) is 4. The highest BCUT2D eigenvalue weighted by atomic mass is 16.7. The molecule has 0 atom stereocenters. The van der Waals surface area contributed by atoms with Gasteiger partial charge in [-0.25, -0.2) is 0 Å². The summed E-state index contributed by atoms with van der Waals surface area (Å²) in [5, 5.41) is 0. The highest BCUT2D eigenvalue weighted by Gasteiger charge is 2.09. The minimum atomic E-state index is 0.0169. The molecule has 0 amide bonds. The fraction of sp³-hybridized carbons (Fsp3) is 0.946. The number of rotatable bonds is 36. The maximum Gasteiger partial charge on any atom is 0.188 e. The molecular formula is C37H74O4. The smallest absolute Gasteiger partial charge is 0.188 e. The SMILES string of the molecule is CCCCCCCCCOC(CCCCCCCCCCCC=COCOCCCC)OCCCCCCCCC. The largest absolute Gasteiger partial charge is 0.475 e. The van der Waals surface area contributed by atoms with E-state index < -0.39 is 0 Å². The Kier molecular flexibility index (Phi) is 36.9. The van der Waals surface area contributed by atoms with E-state index >= 15 is 0 Å². The van der Waals surface area contributed by atoms with Crippen LogP contribution >= 0.6 is 0 Å². The third-order valence-corrected chi connectivity index (χ3v) is 7.90. The standard InChI is InChI=1S/C37H74O4/c1-4-7-10-12-20-25-29-34-40-37(41-35-30-26-21-13-11-8-5-2)31-27-23-19-17-15-14-16-18-22-24-28-33-39-36-38-32-9-6-3/h28,33,37H,4-27,29-32,34-36H2,1-3H3. The van der Waals surface area contributed by atoms with E-state index in [1.165, 1.54) is 154 Å². The van der Waals surface area contributed by atoms with E-state index in [1.54, 1.807) is 6.26 Å². The molecule has 0 unspecified atom stereocenters. The van der Waals surface area contributed by atoms with Gasteiger partial charge >= 0.3 is 0 Å². The van der Waals surface area contributed by atoms with Crippen molar-refractivity contribution in [3.63, 3.8) is 0 Å². The molecule has 0 heterocycles. The average molecular weight is 583 g/mol. The summed E-state index contributed by atoms with van der Waals surface area (Å²) in [4.78, 5) is 0. The Morgan fingerprint density at radius 1 is 0.439 bits per heavy atom. The van der Waals surface area contributed by atoms with Crippen molar-refractivity contribution >= 4 is 0 Å². The molecule has 0 spiro atoms. The third kappa shape index (κ3) is 35.5. The van der Waals surface area contributed by atoms with Gasteiger partial charge in [-0.2, -0.15) is 0 Å². The summed E-state index contributed by atoms with van der Waals surface area (Å²) in [7, 11) is 0. The molecule has 4 nitrogen and oxygen atoms in total. The Hall–Kier alpha value is -0.580. The third-order valence-electron chi connectivity index (χ3n) is 7.90. The molecule has 0 saturated carbocycles. The summed E-state index contributed by atoms with van der Waals surface area (Å²) >= 11 is 0. The van der Waals surface area contributed by atoms with Gasteiger partial charge in [0.1, 0.15) is 0 Å². The zero-order valence-corrected chi connectivity index (χ0v) is 28.3. The minimum absolute atomic E-state index is 0.0169. The van der Waals surface area contributed by atoms with Crippen molar-refractivity contribution in [2.75, 3.05) is 26.6 Å². The normalized spacial score (nSPS) is 11.8. The lowest BCUT2D eigenvalue weighted by Gasteiger charge is -2.19. The summed E-state index contributed by atoms with van der Waals surface area (Å²) in [6, 6.07) is 0. The Labute approximate surface area is 258 Å². The predicted molar refractivity (Wildman–Crippen MR) is 178 cm³/mol. The molecule has 0 aromatic rings. The van der Waals surface area contributed by atoms with Crippen molar-refractivity contribution in [1.82, 2.24) is 0 Å². The first-order valence-corrected chi connectivity index (χ1v) is 18.4. The van der Waals surface area contributed by atoms with Gasteiger partial charge in [0, 0.05) is 13.2 Å². The van der Waals surface area contributed by atoms with Crippen LogP contribution in [-0.4, -0.2) is 32.9 Å². The molecule has 0 bridgehead atoms. The van der Waals surface area contributed by atoms with Crippen LogP contribution in [0.15, 0.2) is 12.3 Å². The predicted octanol–water partition coefficient (Wildman–Crippen LogP) is 12.4. The van der Waals surface area contributed by atoms with Crippen LogP contribution in [0.4, 0.5) is 0 Å². The number of allylic oxidation sites excluding steroid dienone is 1. The van der Waals surface area contributed by atoms with E-state index in [4.69, 9.17) is 18.9 Å². The number of unbranched alkanes of at least 4 members (excludes halogenated alkanes) is 22. The molecule has 0 saturated heterocycles. The van der Waals surface area contributed by atoms with Gasteiger partial charge < -0.3 is 18.9 Å². The van der Waals surface area contributed by atoms with Gasteiger partial charge in [-0.05, 0) is 51.0 Å². The van der Waals surface area contributed by atoms with E-state index in [0.29, 0.717) is 6.79 Å². The lowest BCUT2D eigenvalue weighted by Crippen LogP contribution is -2.19. The topological polar surface area (TPSA) is 36.9 Å². The van der Waals surface area contributed by atoms with Crippen molar-refractivity contribution < 1.29 is 18.9 Å². The molecule has 0 aliphatic carbocycles. The van der Waals surface area contributed by atoms with E-state index in [2.05, 4.69) is 26.8 Å². The molecule has 0 rings (SSSR count). The van der Waals surface area contributed by atoms with Crippen LogP contribution < -0.4 is 0 Å². The van der Waals surface area contributed by atoms with Crippen LogP contribution in [-0.2, 0) is 18.9 Å². The van der Waals surface area contributed by atoms with Gasteiger partial charge in [-0.1, -0.05) is 149 Å². The quantitative estimate of drug-likeness (QED) is 0.0418. The zero-order chi connectivity index (χ0) is 29.7. The molecule has 0 fully saturated rings. The second kappa shape index (κ2) is 37.4. The van der Waals surface area contributed by atoms with Crippen LogP contribution in [0.2, 0.25) is 0 Å². The Morgan fingerprint density at radius 3 is 1.39 bits per heavy atom. The van der Waals surface area contributed by atoms with E-state index in [-0.39, 0.29) is 6.29 Å². The Bertz CT molecular complexity index is 462. The molecule has 0 aliphatic rings. The first-order chi connectivity index (χ1) is 20.3. The lowest BCUT2D eigenvalue weighted by molar-refractivity contribution is -0.148. The molecule has 0 radical (unpaired) electrons. The van der Waals surface area contributed by atoms with Gasteiger partial charge in [-0.15, -0.1) is 0 Å². The van der Waals surface area contributed by atoms with Crippen LogP contribution in [0, 0.1) is 0 Å². The molecule has 0 aliphatic heterocycles. The van der Waals surface area contributed by atoms with Crippen molar-refractivity contribution in [3.8, 4) is 0 Å². The highest BCUT2D eigenvalue weighted by Crippen LogP contribution is 2.16. The maximum atomic E-state index is 6.22. The van der Waals surface area contributed by atoms with Crippen molar-refractivity contribution in [2.24, 2.45) is 0 Å². The molecule has 4 heteroatoms. The average Bonchev–Trinajstić information content (AvgIpc) is 2.98. The number of ether oxygens (including phenoxy) is 4. The second-order valence-electron chi connectivity index (χ2n) is 12.1. The van der Waals surface area contributed by atoms with Gasteiger partial charge in [-0.3, -0.25) is 0 Å². The van der Waals surface area contributed by atoms with Crippen LogP contribution in [0.25, 0.3) is 0 Å². The van der Waals surface area contributed by atoms with Crippen molar-refractivity contribution in [1.29, 1.82) is 0 Å². The van der Waals surface area contributed by atoms with Crippen molar-refractivity contribution in [2.45, 2.75) is 200 Å². The molecule has 0 N–H and O–H groups in total. The summed E-state index contributed by atoms with van der Waals surface area (Å²) in [6.45, 7) is 9.66.